The number of esters is 1. The predicted molar refractivity (Wildman–Crippen MR) is 101 cm³/mol. The molecule has 0 aromatic heterocycles. The number of carbonyl (C=O) groups is 4. The molecule has 0 radical (unpaired) electrons. The summed E-state index contributed by atoms with van der Waals surface area (Å²) in [6.45, 7) is 1.62. The van der Waals surface area contributed by atoms with Gasteiger partial charge in [-0.15, -0.1) is 0 Å². The largest absolute Gasteiger partial charge is 0.493 e. The molecule has 29 heavy (non-hydrogen) atoms. The van der Waals surface area contributed by atoms with Gasteiger partial charge in [-0.05, 0) is 43.7 Å². The molecule has 2 N–H and O–H groups in total. The summed E-state index contributed by atoms with van der Waals surface area (Å²) < 4.78 is 10.3. The van der Waals surface area contributed by atoms with Gasteiger partial charge in [0.15, 0.2) is 6.61 Å². The van der Waals surface area contributed by atoms with Crippen LogP contribution in [0, 0.1) is 5.92 Å². The number of ether oxygens (including phenoxy) is 2. The molecule has 1 aliphatic carbocycles. The van der Waals surface area contributed by atoms with Gasteiger partial charge in [0.05, 0.1) is 13.0 Å². The monoisotopic (exact) mass is 403 g/mol. The Morgan fingerprint density at radius 2 is 1.90 bits per heavy atom. The van der Waals surface area contributed by atoms with Gasteiger partial charge in [0.1, 0.15) is 11.3 Å². The number of imide groups is 1. The van der Waals surface area contributed by atoms with Crippen LogP contribution in [0.1, 0.15) is 39.0 Å². The van der Waals surface area contributed by atoms with Crippen molar-refractivity contribution >= 4 is 23.8 Å². The lowest BCUT2D eigenvalue weighted by Gasteiger charge is -2.33. The molecule has 1 aliphatic heterocycles. The summed E-state index contributed by atoms with van der Waals surface area (Å²) in [6, 6.07) is 8.33. The van der Waals surface area contributed by atoms with Crippen LogP contribution in [0.15, 0.2) is 30.3 Å². The van der Waals surface area contributed by atoms with Crippen LogP contribution in [0.3, 0.4) is 0 Å². The Bertz CT molecular complexity index is 774. The summed E-state index contributed by atoms with van der Waals surface area (Å²) in [4.78, 5) is 48.6. The summed E-state index contributed by atoms with van der Waals surface area (Å²) >= 11 is 0. The zero-order valence-corrected chi connectivity index (χ0v) is 16.3. The number of rotatable bonds is 7. The van der Waals surface area contributed by atoms with E-state index in [0.29, 0.717) is 29.5 Å². The Morgan fingerprint density at radius 3 is 2.59 bits per heavy atom. The second-order valence-corrected chi connectivity index (χ2v) is 7.44. The van der Waals surface area contributed by atoms with Gasteiger partial charge in [-0.3, -0.25) is 19.8 Å². The number of urea groups is 1. The first-order valence-electron chi connectivity index (χ1n) is 9.69. The Hall–Kier alpha value is -3.10. The van der Waals surface area contributed by atoms with Gasteiger partial charge >= 0.3 is 12.0 Å². The van der Waals surface area contributed by atoms with Crippen molar-refractivity contribution in [3.63, 3.8) is 0 Å². The zero-order valence-electron chi connectivity index (χ0n) is 16.3. The van der Waals surface area contributed by atoms with Gasteiger partial charge in [-0.2, -0.15) is 5.01 Å². The zero-order chi connectivity index (χ0) is 20.9. The number of nitrogens with one attached hydrogen (secondary N) is 2. The van der Waals surface area contributed by atoms with Crippen molar-refractivity contribution in [1.82, 2.24) is 15.8 Å². The number of benzene rings is 1. The summed E-state index contributed by atoms with van der Waals surface area (Å²) in [5.74, 6) is -0.717. The van der Waals surface area contributed by atoms with Crippen molar-refractivity contribution in [1.29, 1.82) is 0 Å². The molecule has 3 rings (SSSR count). The van der Waals surface area contributed by atoms with Crippen LogP contribution in [-0.4, -0.2) is 47.6 Å². The highest BCUT2D eigenvalue weighted by atomic mass is 16.5. The van der Waals surface area contributed by atoms with E-state index < -0.39 is 36.0 Å². The highest BCUT2D eigenvalue weighted by Gasteiger charge is 2.52. The maximum absolute atomic E-state index is 12.7. The third-order valence-corrected chi connectivity index (χ3v) is 5.21. The molecule has 9 nitrogen and oxygen atoms in total. The second kappa shape index (κ2) is 8.93. The van der Waals surface area contributed by atoms with Crippen LogP contribution >= 0.6 is 0 Å². The topological polar surface area (TPSA) is 114 Å². The summed E-state index contributed by atoms with van der Waals surface area (Å²) in [5, 5.41) is 3.39. The first-order chi connectivity index (χ1) is 13.9. The van der Waals surface area contributed by atoms with Gasteiger partial charge < -0.3 is 14.8 Å². The van der Waals surface area contributed by atoms with E-state index in [4.69, 9.17) is 9.47 Å². The molecular weight excluding hydrogens is 378 g/mol. The van der Waals surface area contributed by atoms with Crippen molar-refractivity contribution in [3.05, 3.63) is 30.3 Å². The molecule has 156 valence electrons. The molecule has 1 spiro atoms. The molecule has 1 aromatic rings. The molecule has 0 atom stereocenters. The van der Waals surface area contributed by atoms with Crippen molar-refractivity contribution in [2.45, 2.75) is 44.6 Å². The van der Waals surface area contributed by atoms with Crippen molar-refractivity contribution < 1.29 is 28.7 Å². The lowest BCUT2D eigenvalue weighted by molar-refractivity contribution is -0.151. The van der Waals surface area contributed by atoms with E-state index in [9.17, 15) is 19.2 Å². The first-order valence-corrected chi connectivity index (χ1v) is 9.69. The first kappa shape index (κ1) is 20.6. The number of nitrogens with zero attached hydrogens (tertiary/aromatic N) is 1. The molecule has 1 heterocycles. The molecule has 0 bridgehead atoms. The molecule has 1 aromatic carbocycles. The number of hydrogen-bond acceptors (Lipinski definition) is 6. The fourth-order valence-electron chi connectivity index (χ4n) is 3.46. The van der Waals surface area contributed by atoms with Crippen LogP contribution in [0.25, 0.3) is 0 Å². The minimum atomic E-state index is -0.942. The molecule has 2 aliphatic rings. The van der Waals surface area contributed by atoms with Gasteiger partial charge in [0, 0.05) is 0 Å². The fourth-order valence-corrected chi connectivity index (χ4v) is 3.46. The van der Waals surface area contributed by atoms with Crippen LogP contribution in [0.4, 0.5) is 4.79 Å². The van der Waals surface area contributed by atoms with Crippen molar-refractivity contribution in [3.8, 4) is 5.75 Å². The van der Waals surface area contributed by atoms with E-state index in [-0.39, 0.29) is 13.0 Å². The molecule has 2 fully saturated rings. The Kier molecular flexibility index (Phi) is 6.36. The molecule has 0 unspecified atom stereocenters. The minimum absolute atomic E-state index is 0.0351. The fraction of sp³-hybridized carbons (Fsp3) is 0.500. The average Bonchev–Trinajstić information content (AvgIpc) is 2.94. The summed E-state index contributed by atoms with van der Waals surface area (Å²) in [7, 11) is 0. The van der Waals surface area contributed by atoms with Gasteiger partial charge in [-0.1, -0.05) is 25.1 Å². The number of carbonyl (C=O) groups excluding carboxylic acids is 4. The molecular formula is C20H25N3O6. The van der Waals surface area contributed by atoms with Crippen LogP contribution in [0.5, 0.6) is 5.75 Å². The van der Waals surface area contributed by atoms with E-state index >= 15 is 0 Å². The quantitative estimate of drug-likeness (QED) is 0.527. The highest BCUT2D eigenvalue weighted by Crippen LogP contribution is 2.35. The maximum Gasteiger partial charge on any atom is 0.344 e. The maximum atomic E-state index is 12.7. The molecule has 1 saturated heterocycles. The summed E-state index contributed by atoms with van der Waals surface area (Å²) in [5.41, 5.74) is 1.28. The lowest BCUT2D eigenvalue weighted by Crippen LogP contribution is -2.52. The highest BCUT2D eigenvalue weighted by molar-refractivity contribution is 6.08. The molecule has 1 saturated carbocycles. The third kappa shape index (κ3) is 5.04. The Balaban J connectivity index is 1.40. The van der Waals surface area contributed by atoms with Crippen molar-refractivity contribution in [2.75, 3.05) is 13.2 Å². The average molecular weight is 403 g/mol. The van der Waals surface area contributed by atoms with E-state index in [1.54, 1.807) is 12.1 Å². The van der Waals surface area contributed by atoms with Crippen LogP contribution in [-0.2, 0) is 19.1 Å². The lowest BCUT2D eigenvalue weighted by atomic mass is 9.77. The standard InChI is InChI=1S/C20H25N3O6/c1-14-7-10-20(11-8-14)18(26)23(19(27)21-20)22-16(24)13-29-17(25)9-12-28-15-5-3-2-4-6-15/h2-6,14H,7-13H2,1H3,(H,21,27)(H,22,24). The predicted octanol–water partition coefficient (Wildman–Crippen LogP) is 1.53. The number of hydrogen-bond donors (Lipinski definition) is 2. The van der Waals surface area contributed by atoms with Gasteiger partial charge in [0.25, 0.3) is 11.8 Å². The van der Waals surface area contributed by atoms with E-state index in [0.717, 1.165) is 12.8 Å². The third-order valence-electron chi connectivity index (χ3n) is 5.21. The van der Waals surface area contributed by atoms with Gasteiger partial charge in [0.2, 0.25) is 0 Å². The minimum Gasteiger partial charge on any atom is -0.493 e. The second-order valence-electron chi connectivity index (χ2n) is 7.44. The normalized spacial score (nSPS) is 23.6. The van der Waals surface area contributed by atoms with Crippen LogP contribution < -0.4 is 15.5 Å². The molecule has 4 amide bonds. The van der Waals surface area contributed by atoms with E-state index in [2.05, 4.69) is 17.7 Å². The summed E-state index contributed by atoms with van der Waals surface area (Å²) in [6.07, 6.45) is 2.71. The smallest absolute Gasteiger partial charge is 0.344 e. The van der Waals surface area contributed by atoms with E-state index in [1.165, 1.54) is 0 Å². The SMILES string of the molecule is CC1CCC2(CC1)NC(=O)N(NC(=O)COC(=O)CCOc1ccccc1)C2=O. The number of amides is 4. The van der Waals surface area contributed by atoms with Crippen LogP contribution in [0.2, 0.25) is 0 Å². The number of hydrazine groups is 1. The van der Waals surface area contributed by atoms with E-state index in [1.807, 2.05) is 18.2 Å². The van der Waals surface area contributed by atoms with Gasteiger partial charge in [-0.25, -0.2) is 4.79 Å². The Labute approximate surface area is 168 Å². The van der Waals surface area contributed by atoms with Crippen molar-refractivity contribution in [2.24, 2.45) is 5.92 Å². The number of para-hydroxylation sites is 1. The Morgan fingerprint density at radius 1 is 1.21 bits per heavy atom. The molecule has 9 heteroatoms.